The molecule has 0 fully saturated rings. The summed E-state index contributed by atoms with van der Waals surface area (Å²) in [5.41, 5.74) is 2.75. The highest BCUT2D eigenvalue weighted by Gasteiger charge is 2.32. The molecule has 2 aromatic heterocycles. The zero-order chi connectivity index (χ0) is 23.3. The van der Waals surface area contributed by atoms with E-state index in [9.17, 15) is 13.6 Å². The van der Waals surface area contributed by atoms with Crippen molar-refractivity contribution < 1.29 is 8.78 Å². The van der Waals surface area contributed by atoms with Crippen LogP contribution in [0.5, 0.6) is 0 Å². The standard InChI is InChI=1S/C25H23F2N5O/c1-15-6-4-5-7-20(15)32-21(33)11-10-19(29-32)22-23(17-9-8-16(26)12-18(17)27)30-31-14-25(2,3)13-28-24(22)31/h4-12,28H,13-14H2,1-3H3. The van der Waals surface area contributed by atoms with Gasteiger partial charge in [-0.25, -0.2) is 13.5 Å². The molecule has 0 saturated heterocycles. The fourth-order valence-electron chi connectivity index (χ4n) is 4.17. The van der Waals surface area contributed by atoms with Gasteiger partial charge < -0.3 is 5.32 Å². The number of rotatable bonds is 3. The maximum absolute atomic E-state index is 14.8. The molecule has 6 nitrogen and oxygen atoms in total. The number of hydrogen-bond acceptors (Lipinski definition) is 4. The van der Waals surface area contributed by atoms with Crippen LogP contribution in [0.2, 0.25) is 0 Å². The summed E-state index contributed by atoms with van der Waals surface area (Å²) in [5.74, 6) is -0.680. The number of fused-ring (bicyclic) bond motifs is 1. The number of hydrogen-bond donors (Lipinski definition) is 1. The molecule has 1 aliphatic rings. The van der Waals surface area contributed by atoms with Gasteiger partial charge >= 0.3 is 0 Å². The number of halogens is 2. The quantitative estimate of drug-likeness (QED) is 0.490. The average Bonchev–Trinajstić information content (AvgIpc) is 3.11. The van der Waals surface area contributed by atoms with Crippen LogP contribution in [0.25, 0.3) is 28.2 Å². The third-order valence-corrected chi connectivity index (χ3v) is 5.85. The van der Waals surface area contributed by atoms with Crippen LogP contribution in [0, 0.1) is 24.0 Å². The Hall–Kier alpha value is -3.81. The van der Waals surface area contributed by atoms with Crippen LogP contribution in [0.4, 0.5) is 14.6 Å². The van der Waals surface area contributed by atoms with E-state index in [0.717, 1.165) is 11.6 Å². The maximum atomic E-state index is 14.8. The molecule has 0 spiro atoms. The second-order valence-corrected chi connectivity index (χ2v) is 9.13. The van der Waals surface area contributed by atoms with Gasteiger partial charge in [-0.1, -0.05) is 32.0 Å². The van der Waals surface area contributed by atoms with Crippen LogP contribution in [0.3, 0.4) is 0 Å². The smallest absolute Gasteiger partial charge is 0.271 e. The monoisotopic (exact) mass is 447 g/mol. The molecule has 168 valence electrons. The molecule has 0 saturated carbocycles. The summed E-state index contributed by atoms with van der Waals surface area (Å²) in [6.45, 7) is 7.43. The highest BCUT2D eigenvalue weighted by Crippen LogP contribution is 2.41. The van der Waals surface area contributed by atoms with Crippen molar-refractivity contribution in [3.63, 3.8) is 0 Å². The number of nitrogens with zero attached hydrogens (tertiary/aromatic N) is 4. The molecule has 0 unspecified atom stereocenters. The van der Waals surface area contributed by atoms with Crippen molar-refractivity contribution in [3.8, 4) is 28.2 Å². The SMILES string of the molecule is Cc1ccccc1-n1nc(-c2c(-c3ccc(F)cc3F)nn3c2NCC(C)(C)C3)ccc1=O. The molecule has 8 heteroatoms. The Morgan fingerprint density at radius 2 is 1.82 bits per heavy atom. The average molecular weight is 447 g/mol. The van der Waals surface area contributed by atoms with Crippen molar-refractivity contribution in [2.24, 2.45) is 5.41 Å². The van der Waals surface area contributed by atoms with Gasteiger partial charge in [0.05, 0.1) is 23.5 Å². The van der Waals surface area contributed by atoms with Crippen molar-refractivity contribution in [2.45, 2.75) is 27.3 Å². The van der Waals surface area contributed by atoms with Gasteiger partial charge in [-0.2, -0.15) is 14.9 Å². The minimum Gasteiger partial charge on any atom is -0.369 e. The van der Waals surface area contributed by atoms with Crippen molar-refractivity contribution in [1.29, 1.82) is 0 Å². The molecule has 2 aromatic carbocycles. The minimum atomic E-state index is -0.710. The molecule has 3 heterocycles. The second kappa shape index (κ2) is 7.65. The molecule has 5 rings (SSSR count). The number of anilines is 1. The first-order valence-corrected chi connectivity index (χ1v) is 10.7. The molecule has 0 radical (unpaired) electrons. The van der Waals surface area contributed by atoms with Gasteiger partial charge in [0, 0.05) is 29.7 Å². The highest BCUT2D eigenvalue weighted by molar-refractivity contribution is 5.87. The van der Waals surface area contributed by atoms with Crippen LogP contribution in [-0.2, 0) is 6.54 Å². The van der Waals surface area contributed by atoms with Gasteiger partial charge in [-0.3, -0.25) is 4.79 Å². The summed E-state index contributed by atoms with van der Waals surface area (Å²) in [5, 5.41) is 12.7. The van der Waals surface area contributed by atoms with Gasteiger partial charge in [0.2, 0.25) is 0 Å². The Bertz CT molecular complexity index is 1440. The van der Waals surface area contributed by atoms with Crippen molar-refractivity contribution in [2.75, 3.05) is 11.9 Å². The molecule has 0 bridgehead atoms. The van der Waals surface area contributed by atoms with E-state index in [-0.39, 0.29) is 16.5 Å². The van der Waals surface area contributed by atoms with Gasteiger partial charge in [-0.05, 0) is 36.8 Å². The lowest BCUT2D eigenvalue weighted by molar-refractivity contribution is 0.294. The Morgan fingerprint density at radius 1 is 1.03 bits per heavy atom. The van der Waals surface area contributed by atoms with Crippen molar-refractivity contribution in [3.05, 3.63) is 82.1 Å². The largest absolute Gasteiger partial charge is 0.369 e. The molecule has 1 aliphatic heterocycles. The topological polar surface area (TPSA) is 64.7 Å². The molecular weight excluding hydrogens is 424 g/mol. The lowest BCUT2D eigenvalue weighted by Gasteiger charge is -2.31. The van der Waals surface area contributed by atoms with E-state index >= 15 is 0 Å². The van der Waals surface area contributed by atoms with Crippen LogP contribution in [-0.4, -0.2) is 26.1 Å². The third kappa shape index (κ3) is 3.71. The van der Waals surface area contributed by atoms with E-state index in [1.165, 1.54) is 22.9 Å². The zero-order valence-corrected chi connectivity index (χ0v) is 18.6. The second-order valence-electron chi connectivity index (χ2n) is 9.13. The van der Waals surface area contributed by atoms with Gasteiger partial charge in [0.1, 0.15) is 23.1 Å². The Kier molecular flexibility index (Phi) is 4.88. The first-order valence-electron chi connectivity index (χ1n) is 10.7. The van der Waals surface area contributed by atoms with E-state index in [1.807, 2.05) is 31.2 Å². The number of benzene rings is 2. The normalized spacial score (nSPS) is 14.6. The number of aromatic nitrogens is 4. The molecule has 0 amide bonds. The molecule has 4 aromatic rings. The lowest BCUT2D eigenvalue weighted by atomic mass is 9.92. The van der Waals surface area contributed by atoms with Crippen molar-refractivity contribution >= 4 is 5.82 Å². The predicted octanol–water partition coefficient (Wildman–Crippen LogP) is 4.80. The Morgan fingerprint density at radius 3 is 2.58 bits per heavy atom. The van der Waals surface area contributed by atoms with Gasteiger partial charge in [-0.15, -0.1) is 0 Å². The van der Waals surface area contributed by atoms with Crippen molar-refractivity contribution in [1.82, 2.24) is 19.6 Å². The summed E-state index contributed by atoms with van der Waals surface area (Å²) in [7, 11) is 0. The van der Waals surface area contributed by atoms with E-state index in [2.05, 4.69) is 24.3 Å². The molecule has 0 atom stereocenters. The fourth-order valence-corrected chi connectivity index (χ4v) is 4.17. The summed E-state index contributed by atoms with van der Waals surface area (Å²) in [6, 6.07) is 13.9. The fraction of sp³-hybridized carbons (Fsp3) is 0.240. The van der Waals surface area contributed by atoms with E-state index < -0.39 is 11.6 Å². The first kappa shape index (κ1) is 21.1. The van der Waals surface area contributed by atoms with E-state index in [0.29, 0.717) is 41.5 Å². The first-order chi connectivity index (χ1) is 15.7. The van der Waals surface area contributed by atoms with E-state index in [1.54, 1.807) is 10.7 Å². The van der Waals surface area contributed by atoms with Crippen LogP contribution < -0.4 is 10.9 Å². The molecule has 0 aliphatic carbocycles. The highest BCUT2D eigenvalue weighted by atomic mass is 19.1. The molecule has 1 N–H and O–H groups in total. The summed E-state index contributed by atoms with van der Waals surface area (Å²) in [4.78, 5) is 12.7. The minimum absolute atomic E-state index is 0.0672. The molecular formula is C25H23F2N5O. The Labute approximate surface area is 189 Å². The molecule has 33 heavy (non-hydrogen) atoms. The third-order valence-electron chi connectivity index (χ3n) is 5.85. The summed E-state index contributed by atoms with van der Waals surface area (Å²) in [6.07, 6.45) is 0. The number of para-hydroxylation sites is 1. The maximum Gasteiger partial charge on any atom is 0.271 e. The zero-order valence-electron chi connectivity index (χ0n) is 18.6. The van der Waals surface area contributed by atoms with Gasteiger partial charge in [0.25, 0.3) is 5.56 Å². The Balaban J connectivity index is 1.76. The summed E-state index contributed by atoms with van der Waals surface area (Å²) < 4.78 is 31.6. The lowest BCUT2D eigenvalue weighted by Crippen LogP contribution is -2.34. The van der Waals surface area contributed by atoms with Crippen LogP contribution in [0.1, 0.15) is 19.4 Å². The van der Waals surface area contributed by atoms with Crippen LogP contribution in [0.15, 0.2) is 59.4 Å². The number of nitrogens with one attached hydrogen (secondary N) is 1. The van der Waals surface area contributed by atoms with E-state index in [4.69, 9.17) is 5.10 Å². The number of aryl methyl sites for hydroxylation is 1. The van der Waals surface area contributed by atoms with Crippen LogP contribution >= 0.6 is 0 Å². The van der Waals surface area contributed by atoms with Gasteiger partial charge in [0.15, 0.2) is 0 Å². The predicted molar refractivity (Wildman–Crippen MR) is 123 cm³/mol. The summed E-state index contributed by atoms with van der Waals surface area (Å²) >= 11 is 0.